The predicted molar refractivity (Wildman–Crippen MR) is 203 cm³/mol. The Balaban J connectivity index is 1.30. The van der Waals surface area contributed by atoms with Crippen molar-refractivity contribution in [1.82, 2.24) is 19.5 Å². The van der Waals surface area contributed by atoms with Crippen molar-refractivity contribution < 1.29 is 9.90 Å². The van der Waals surface area contributed by atoms with E-state index >= 15 is 0 Å². The van der Waals surface area contributed by atoms with E-state index in [0.29, 0.717) is 39.1 Å². The van der Waals surface area contributed by atoms with Crippen LogP contribution in [0.4, 0.5) is 0 Å². The third-order valence-electron chi connectivity index (χ3n) is 9.19. The molecule has 0 saturated heterocycles. The second kappa shape index (κ2) is 11.4. The normalized spacial score (nSPS) is 12.7. The van der Waals surface area contributed by atoms with Gasteiger partial charge in [-0.05, 0) is 47.0 Å². The van der Waals surface area contributed by atoms with Crippen LogP contribution in [0.5, 0.6) is 0 Å². The van der Waals surface area contributed by atoms with Crippen LogP contribution in [0, 0.1) is 0 Å². The number of benzene rings is 7. The summed E-state index contributed by atoms with van der Waals surface area (Å²) in [5.74, 6) is 1.03. The average Bonchev–Trinajstić information content (AvgIpc) is 3.79. The number of hydrogen-bond acceptors (Lipinski definition) is 4. The molecule has 10 aromatic rings. The van der Waals surface area contributed by atoms with Gasteiger partial charge in [-0.15, -0.1) is 0 Å². The molecule has 0 N–H and O–H groups in total. The summed E-state index contributed by atoms with van der Waals surface area (Å²) in [5.41, 5.74) is 7.75. The van der Waals surface area contributed by atoms with E-state index in [2.05, 4.69) is 24.3 Å². The summed E-state index contributed by atoms with van der Waals surface area (Å²) in [7, 11) is 0. The van der Waals surface area contributed by atoms with Crippen LogP contribution in [0.3, 0.4) is 0 Å². The Morgan fingerprint density at radius 2 is 1.12 bits per heavy atom. The van der Waals surface area contributed by atoms with Crippen LogP contribution in [-0.4, -0.2) is 19.5 Å². The van der Waals surface area contributed by atoms with Gasteiger partial charge in [-0.1, -0.05) is 139 Å². The highest BCUT2D eigenvalue weighted by Crippen LogP contribution is 2.39. The Kier molecular flexibility index (Phi) is 5.54. The van der Waals surface area contributed by atoms with Crippen molar-refractivity contribution in [3.63, 3.8) is 0 Å². The summed E-state index contributed by atoms with van der Waals surface area (Å²) >= 11 is 0. The fraction of sp³-hybridized carbons (Fsp3) is 0. The molecule has 10 rings (SSSR count). The molecule has 0 bridgehead atoms. The standard InChI is InChI=1S/C45H28N4O/c1-3-13-29(14-4-1)31-17-11-18-32(27-31)34-21-12-22-38-35-19-7-9-23-39(35)49(42(34)38)45-47-43(30-15-5-2-6-16-30)46-44(48-45)33-25-26-37-36-20-8-10-24-40(36)50-41(37)28-33/h1-28H/i7D,9D,19D,23D. The van der Waals surface area contributed by atoms with Crippen LogP contribution < -0.4 is 0 Å². The van der Waals surface area contributed by atoms with E-state index in [-0.39, 0.29) is 35.6 Å². The zero-order chi connectivity index (χ0) is 36.5. The minimum atomic E-state index is -0.336. The van der Waals surface area contributed by atoms with Crippen molar-refractivity contribution in [3.8, 4) is 51.0 Å². The molecule has 0 atom stereocenters. The van der Waals surface area contributed by atoms with Gasteiger partial charge in [0.25, 0.3) is 0 Å². The van der Waals surface area contributed by atoms with Gasteiger partial charge >= 0.3 is 0 Å². The van der Waals surface area contributed by atoms with Gasteiger partial charge in [0.15, 0.2) is 11.6 Å². The van der Waals surface area contributed by atoms with E-state index in [1.54, 1.807) is 4.57 Å². The van der Waals surface area contributed by atoms with Crippen LogP contribution in [-0.2, 0) is 0 Å². The molecule has 0 saturated carbocycles. The summed E-state index contributed by atoms with van der Waals surface area (Å²) in [5, 5.41) is 3.05. The molecule has 0 aliphatic heterocycles. The summed E-state index contributed by atoms with van der Waals surface area (Å²) in [6.07, 6.45) is 0. The molecule has 0 aliphatic rings. The maximum Gasteiger partial charge on any atom is 0.238 e. The highest BCUT2D eigenvalue weighted by atomic mass is 16.3. The van der Waals surface area contributed by atoms with Gasteiger partial charge in [0, 0.05) is 38.2 Å². The fourth-order valence-corrected chi connectivity index (χ4v) is 6.87. The molecule has 234 valence electrons. The highest BCUT2D eigenvalue weighted by Gasteiger charge is 2.21. The summed E-state index contributed by atoms with van der Waals surface area (Å²) < 4.78 is 43.8. The molecule has 0 fully saturated rings. The van der Waals surface area contributed by atoms with Crippen molar-refractivity contribution in [2.45, 2.75) is 0 Å². The minimum absolute atomic E-state index is 0.127. The maximum atomic E-state index is 9.25. The zero-order valence-corrected chi connectivity index (χ0v) is 26.6. The van der Waals surface area contributed by atoms with Crippen molar-refractivity contribution in [3.05, 3.63) is 170 Å². The minimum Gasteiger partial charge on any atom is -0.456 e. The third-order valence-corrected chi connectivity index (χ3v) is 9.19. The average molecular weight is 645 g/mol. The monoisotopic (exact) mass is 644 g/mol. The van der Waals surface area contributed by atoms with Crippen LogP contribution in [0.1, 0.15) is 5.48 Å². The molecule has 0 aliphatic carbocycles. The SMILES string of the molecule is [2H]c1c([2H])c([2H])c2c(c1[2H])c1cccc(-c3cccc(-c4ccccc4)c3)c1n2-c1nc(-c2ccccc2)nc(-c2ccc3c(c2)oc2ccccc23)n1. The molecule has 0 unspecified atom stereocenters. The Morgan fingerprint density at radius 3 is 1.98 bits per heavy atom. The van der Waals surface area contributed by atoms with E-state index in [9.17, 15) is 1.37 Å². The quantitative estimate of drug-likeness (QED) is 0.187. The first kappa shape index (κ1) is 24.3. The van der Waals surface area contributed by atoms with E-state index in [0.717, 1.165) is 44.2 Å². The molecule has 3 heterocycles. The predicted octanol–water partition coefficient (Wildman–Crippen LogP) is 11.5. The molecule has 3 aromatic heterocycles. The lowest BCUT2D eigenvalue weighted by Crippen LogP contribution is -2.07. The van der Waals surface area contributed by atoms with E-state index in [4.69, 9.17) is 23.5 Å². The van der Waals surface area contributed by atoms with Gasteiger partial charge in [0.2, 0.25) is 5.95 Å². The summed E-state index contributed by atoms with van der Waals surface area (Å²) in [6, 6.07) is 46.8. The molecule has 50 heavy (non-hydrogen) atoms. The zero-order valence-electron chi connectivity index (χ0n) is 30.6. The first-order chi connectivity index (χ1) is 26.4. The van der Waals surface area contributed by atoms with Crippen LogP contribution in [0.25, 0.3) is 94.7 Å². The summed E-state index contributed by atoms with van der Waals surface area (Å²) in [4.78, 5) is 15.1. The number of furan rings is 1. The number of nitrogens with zero attached hydrogens (tertiary/aromatic N) is 4. The number of para-hydroxylation sites is 3. The van der Waals surface area contributed by atoms with Crippen LogP contribution in [0.15, 0.2) is 174 Å². The second-order valence-corrected chi connectivity index (χ2v) is 12.2. The number of hydrogen-bond donors (Lipinski definition) is 0. The van der Waals surface area contributed by atoms with Crippen LogP contribution >= 0.6 is 0 Å². The van der Waals surface area contributed by atoms with Gasteiger partial charge in [-0.3, -0.25) is 4.57 Å². The molecule has 5 nitrogen and oxygen atoms in total. The van der Waals surface area contributed by atoms with Crippen molar-refractivity contribution >= 4 is 43.7 Å². The third kappa shape index (κ3) is 4.60. The maximum absolute atomic E-state index is 9.25. The molecule has 0 amide bonds. The first-order valence-electron chi connectivity index (χ1n) is 18.4. The van der Waals surface area contributed by atoms with Crippen molar-refractivity contribution in [2.75, 3.05) is 0 Å². The van der Waals surface area contributed by atoms with E-state index in [1.165, 1.54) is 0 Å². The number of aromatic nitrogens is 4. The highest BCUT2D eigenvalue weighted by molar-refractivity contribution is 6.13. The Morgan fingerprint density at radius 1 is 0.460 bits per heavy atom. The summed E-state index contributed by atoms with van der Waals surface area (Å²) in [6.45, 7) is 0. The van der Waals surface area contributed by atoms with Gasteiger partial charge in [-0.25, -0.2) is 4.98 Å². The van der Waals surface area contributed by atoms with Crippen molar-refractivity contribution in [2.24, 2.45) is 0 Å². The number of rotatable bonds is 5. The molecule has 0 radical (unpaired) electrons. The number of fused-ring (bicyclic) bond motifs is 6. The lowest BCUT2D eigenvalue weighted by Gasteiger charge is -2.13. The molecule has 5 heteroatoms. The van der Waals surface area contributed by atoms with Crippen molar-refractivity contribution in [1.29, 1.82) is 0 Å². The topological polar surface area (TPSA) is 56.7 Å². The molecular formula is C45H28N4O. The fourth-order valence-electron chi connectivity index (χ4n) is 6.87. The van der Waals surface area contributed by atoms with E-state index in [1.807, 2.05) is 121 Å². The van der Waals surface area contributed by atoms with E-state index < -0.39 is 0 Å². The van der Waals surface area contributed by atoms with Gasteiger partial charge in [-0.2, -0.15) is 9.97 Å². The lowest BCUT2D eigenvalue weighted by molar-refractivity contribution is 0.669. The Hall–Kier alpha value is -6.85. The smallest absolute Gasteiger partial charge is 0.238 e. The van der Waals surface area contributed by atoms with Crippen LogP contribution in [0.2, 0.25) is 0 Å². The molecular weight excluding hydrogens is 613 g/mol. The van der Waals surface area contributed by atoms with Gasteiger partial charge in [0.05, 0.1) is 16.5 Å². The molecule has 7 aromatic carbocycles. The second-order valence-electron chi connectivity index (χ2n) is 12.2. The lowest BCUT2D eigenvalue weighted by atomic mass is 9.97. The Bertz CT molecular complexity index is 3100. The Labute approximate surface area is 293 Å². The van der Waals surface area contributed by atoms with Gasteiger partial charge in [0.1, 0.15) is 11.2 Å². The van der Waals surface area contributed by atoms with Gasteiger partial charge < -0.3 is 4.42 Å². The molecule has 0 spiro atoms. The first-order valence-corrected chi connectivity index (χ1v) is 16.4. The largest absolute Gasteiger partial charge is 0.456 e.